The largest absolute Gasteiger partial charge is 0.334 e. The van der Waals surface area contributed by atoms with Crippen LogP contribution in [0.25, 0.3) is 5.69 Å². The summed E-state index contributed by atoms with van der Waals surface area (Å²) in [4.78, 5) is 14.9. The number of hydrogen-bond donors (Lipinski definition) is 2. The van der Waals surface area contributed by atoms with Crippen LogP contribution in [0.2, 0.25) is 0 Å². The molecule has 162 valence electrons. The van der Waals surface area contributed by atoms with Crippen molar-refractivity contribution in [2.24, 2.45) is 0 Å². The number of urea groups is 1. The number of carbonyl (C=O) groups is 1. The molecule has 1 fully saturated rings. The van der Waals surface area contributed by atoms with Gasteiger partial charge in [-0.3, -0.25) is 4.90 Å². The van der Waals surface area contributed by atoms with Crippen molar-refractivity contribution in [1.82, 2.24) is 20.0 Å². The second kappa shape index (κ2) is 8.91. The van der Waals surface area contributed by atoms with Crippen LogP contribution in [0.1, 0.15) is 12.0 Å². The molecule has 2 N–H and O–H groups in total. The van der Waals surface area contributed by atoms with E-state index >= 15 is 0 Å². The number of aromatic nitrogens is 2. The molecule has 2 amide bonds. The first kappa shape index (κ1) is 21.1. The molecular weight excluding hydrogens is 414 g/mol. The lowest BCUT2D eigenvalue weighted by atomic mass is 10.2. The molecule has 8 nitrogen and oxygen atoms in total. The SMILES string of the molecule is CS(=O)(=O)c1ccccc1-n1cc(NC(=O)NC2CCN(Cc3ccccc3)C2)cn1. The van der Waals surface area contributed by atoms with Crippen LogP contribution >= 0.6 is 0 Å². The van der Waals surface area contributed by atoms with Crippen LogP contribution in [0.5, 0.6) is 0 Å². The van der Waals surface area contributed by atoms with Crippen molar-refractivity contribution in [2.75, 3.05) is 24.7 Å². The number of benzene rings is 2. The van der Waals surface area contributed by atoms with Gasteiger partial charge in [0, 0.05) is 31.9 Å². The number of para-hydroxylation sites is 1. The highest BCUT2D eigenvalue weighted by atomic mass is 32.2. The summed E-state index contributed by atoms with van der Waals surface area (Å²) in [5.74, 6) is 0. The maximum Gasteiger partial charge on any atom is 0.319 e. The molecule has 1 aromatic heterocycles. The Bertz CT molecular complexity index is 1160. The maximum absolute atomic E-state index is 12.4. The van der Waals surface area contributed by atoms with Crippen molar-refractivity contribution in [3.8, 4) is 5.69 Å². The summed E-state index contributed by atoms with van der Waals surface area (Å²) >= 11 is 0. The topological polar surface area (TPSA) is 96.3 Å². The van der Waals surface area contributed by atoms with Crippen LogP contribution < -0.4 is 10.6 Å². The third-order valence-corrected chi connectivity index (χ3v) is 6.35. The lowest BCUT2D eigenvalue weighted by Crippen LogP contribution is -2.39. The molecule has 1 aliphatic heterocycles. The lowest BCUT2D eigenvalue weighted by Gasteiger charge is -2.16. The highest BCUT2D eigenvalue weighted by Gasteiger charge is 2.24. The summed E-state index contributed by atoms with van der Waals surface area (Å²) in [6, 6.07) is 16.7. The van der Waals surface area contributed by atoms with Gasteiger partial charge in [-0.25, -0.2) is 17.9 Å². The summed E-state index contributed by atoms with van der Waals surface area (Å²) in [5, 5.41) is 9.99. The van der Waals surface area contributed by atoms with Gasteiger partial charge in [-0.1, -0.05) is 42.5 Å². The molecule has 31 heavy (non-hydrogen) atoms. The Balaban J connectivity index is 1.34. The molecule has 2 aromatic carbocycles. The average molecular weight is 440 g/mol. The number of likely N-dealkylation sites (tertiary alicyclic amines) is 1. The highest BCUT2D eigenvalue weighted by Crippen LogP contribution is 2.21. The standard InChI is InChI=1S/C22H25N5O3S/c1-31(29,30)21-10-6-5-9-20(21)27-16-19(13-23-27)25-22(28)24-18-11-12-26(15-18)14-17-7-3-2-4-8-17/h2-10,13,16,18H,11-12,14-15H2,1H3,(H2,24,25,28). The van der Waals surface area contributed by atoms with E-state index in [1.165, 1.54) is 22.5 Å². The van der Waals surface area contributed by atoms with Crippen LogP contribution in [0.15, 0.2) is 71.9 Å². The van der Waals surface area contributed by atoms with E-state index < -0.39 is 9.84 Å². The molecule has 4 rings (SSSR count). The van der Waals surface area contributed by atoms with Gasteiger partial charge in [0.2, 0.25) is 0 Å². The Morgan fingerprint density at radius 1 is 1.13 bits per heavy atom. The Morgan fingerprint density at radius 3 is 2.65 bits per heavy atom. The Hall–Kier alpha value is -3.17. The van der Waals surface area contributed by atoms with Gasteiger partial charge in [-0.2, -0.15) is 5.10 Å². The van der Waals surface area contributed by atoms with Crippen molar-refractivity contribution in [3.63, 3.8) is 0 Å². The van der Waals surface area contributed by atoms with Crippen molar-refractivity contribution < 1.29 is 13.2 Å². The van der Waals surface area contributed by atoms with Crippen molar-refractivity contribution in [2.45, 2.75) is 23.9 Å². The van der Waals surface area contributed by atoms with E-state index in [4.69, 9.17) is 0 Å². The number of carbonyl (C=O) groups excluding carboxylic acids is 1. The smallest absolute Gasteiger partial charge is 0.319 e. The predicted octanol–water partition coefficient (Wildman–Crippen LogP) is 2.67. The molecule has 3 aromatic rings. The molecule has 0 aliphatic carbocycles. The zero-order valence-corrected chi connectivity index (χ0v) is 18.0. The van der Waals surface area contributed by atoms with Crippen LogP contribution in [0, 0.1) is 0 Å². The zero-order valence-electron chi connectivity index (χ0n) is 17.2. The summed E-state index contributed by atoms with van der Waals surface area (Å²) < 4.78 is 25.5. The lowest BCUT2D eigenvalue weighted by molar-refractivity contribution is 0.247. The van der Waals surface area contributed by atoms with Gasteiger partial charge < -0.3 is 10.6 Å². The summed E-state index contributed by atoms with van der Waals surface area (Å²) in [6.45, 7) is 2.59. The second-order valence-corrected chi connectivity index (χ2v) is 9.70. The quantitative estimate of drug-likeness (QED) is 0.616. The molecule has 0 bridgehead atoms. The minimum atomic E-state index is -3.40. The Kier molecular flexibility index (Phi) is 6.06. The molecule has 9 heteroatoms. The van der Waals surface area contributed by atoms with Gasteiger partial charge >= 0.3 is 6.03 Å². The summed E-state index contributed by atoms with van der Waals surface area (Å²) in [6.07, 6.45) is 5.14. The summed E-state index contributed by atoms with van der Waals surface area (Å²) in [7, 11) is -3.40. The predicted molar refractivity (Wildman–Crippen MR) is 119 cm³/mol. The molecule has 0 radical (unpaired) electrons. The molecule has 0 saturated carbocycles. The minimum Gasteiger partial charge on any atom is -0.334 e. The van der Waals surface area contributed by atoms with Crippen molar-refractivity contribution in [3.05, 3.63) is 72.6 Å². The minimum absolute atomic E-state index is 0.0738. The first-order valence-electron chi connectivity index (χ1n) is 10.1. The van der Waals surface area contributed by atoms with Gasteiger partial charge in [0.15, 0.2) is 9.84 Å². The van der Waals surface area contributed by atoms with Crippen molar-refractivity contribution in [1.29, 1.82) is 0 Å². The van der Waals surface area contributed by atoms with Crippen LogP contribution in [0.4, 0.5) is 10.5 Å². The highest BCUT2D eigenvalue weighted by molar-refractivity contribution is 7.90. The number of hydrogen-bond acceptors (Lipinski definition) is 5. The number of nitrogens with one attached hydrogen (secondary N) is 2. The molecule has 2 heterocycles. The fourth-order valence-electron chi connectivity index (χ4n) is 3.77. The van der Waals surface area contributed by atoms with Gasteiger partial charge in [-0.05, 0) is 24.1 Å². The molecule has 1 saturated heterocycles. The fourth-order valence-corrected chi connectivity index (χ4v) is 4.63. The molecule has 1 atom stereocenters. The number of amides is 2. The monoisotopic (exact) mass is 439 g/mol. The van der Waals surface area contributed by atoms with Gasteiger partial charge in [0.1, 0.15) is 0 Å². The summed E-state index contributed by atoms with van der Waals surface area (Å²) in [5.41, 5.74) is 2.18. The first-order valence-corrected chi connectivity index (χ1v) is 12.0. The normalized spacial score (nSPS) is 16.9. The van der Waals surface area contributed by atoms with E-state index in [0.29, 0.717) is 11.4 Å². The van der Waals surface area contributed by atoms with Gasteiger partial charge in [-0.15, -0.1) is 0 Å². The Morgan fingerprint density at radius 2 is 1.87 bits per heavy atom. The molecule has 1 aliphatic rings. The van der Waals surface area contributed by atoms with E-state index in [1.54, 1.807) is 24.4 Å². The molecule has 1 unspecified atom stereocenters. The Labute approximate surface area is 181 Å². The number of anilines is 1. The number of sulfone groups is 1. The number of nitrogens with zero attached hydrogens (tertiary/aromatic N) is 3. The van der Waals surface area contributed by atoms with Gasteiger partial charge in [0.25, 0.3) is 0 Å². The zero-order chi connectivity index (χ0) is 21.8. The molecule has 0 spiro atoms. The van der Waals surface area contributed by atoms with E-state index in [1.807, 2.05) is 18.2 Å². The van der Waals surface area contributed by atoms with Gasteiger partial charge in [0.05, 0.1) is 28.7 Å². The molecular formula is C22H25N5O3S. The van der Waals surface area contributed by atoms with E-state index in [9.17, 15) is 13.2 Å². The number of rotatable bonds is 6. The van der Waals surface area contributed by atoms with E-state index in [0.717, 1.165) is 32.3 Å². The third-order valence-electron chi connectivity index (χ3n) is 5.21. The van der Waals surface area contributed by atoms with E-state index in [-0.39, 0.29) is 17.0 Å². The van der Waals surface area contributed by atoms with Crippen molar-refractivity contribution >= 4 is 21.6 Å². The van der Waals surface area contributed by atoms with Crippen LogP contribution in [0.3, 0.4) is 0 Å². The third kappa shape index (κ3) is 5.31. The average Bonchev–Trinajstić information content (AvgIpc) is 3.37. The maximum atomic E-state index is 12.4. The second-order valence-electron chi connectivity index (χ2n) is 7.72. The first-order chi connectivity index (χ1) is 14.9. The van der Waals surface area contributed by atoms with E-state index in [2.05, 4.69) is 32.8 Å². The van der Waals surface area contributed by atoms with Crippen LogP contribution in [-0.4, -0.2) is 54.5 Å². The fraction of sp³-hybridized carbons (Fsp3) is 0.273. The van der Waals surface area contributed by atoms with Crippen LogP contribution in [-0.2, 0) is 16.4 Å².